The van der Waals surface area contributed by atoms with E-state index in [4.69, 9.17) is 19.4 Å². The van der Waals surface area contributed by atoms with E-state index >= 15 is 0 Å². The van der Waals surface area contributed by atoms with E-state index in [0.717, 1.165) is 62.9 Å². The lowest BCUT2D eigenvalue weighted by molar-refractivity contribution is -0.136. The van der Waals surface area contributed by atoms with Crippen LogP contribution in [0.4, 0.5) is 16.7 Å². The second kappa shape index (κ2) is 12.7. The topological polar surface area (TPSA) is 129 Å². The maximum atomic E-state index is 13.2. The first-order valence-corrected chi connectivity index (χ1v) is 15.7. The van der Waals surface area contributed by atoms with Crippen LogP contribution < -0.4 is 10.6 Å². The Balaban J connectivity index is 1.08. The largest absolute Gasteiger partial charge is 0.442 e. The fraction of sp³-hybridized carbons (Fsp3) is 0.700. The molecule has 13 heteroatoms. The average Bonchev–Trinajstić information content (AvgIpc) is 3.49. The molecule has 13 nitrogen and oxygen atoms in total. The summed E-state index contributed by atoms with van der Waals surface area (Å²) in [7, 11) is 3.91. The number of carbonyl (C=O) groups is 2. The molecule has 0 radical (unpaired) electrons. The van der Waals surface area contributed by atoms with Crippen molar-refractivity contribution in [3.63, 3.8) is 0 Å². The minimum Gasteiger partial charge on any atom is -0.442 e. The third-order valence-corrected chi connectivity index (χ3v) is 9.01. The second-order valence-electron chi connectivity index (χ2n) is 12.9. The molecule has 2 amide bonds. The lowest BCUT2D eigenvalue weighted by Gasteiger charge is -2.42. The van der Waals surface area contributed by atoms with Crippen LogP contribution >= 0.6 is 0 Å². The van der Waals surface area contributed by atoms with Gasteiger partial charge in [-0.1, -0.05) is 19.9 Å². The van der Waals surface area contributed by atoms with Gasteiger partial charge in [-0.05, 0) is 58.5 Å². The molecule has 2 aromatic rings. The molecule has 4 aliphatic heterocycles. The Morgan fingerprint density at radius 3 is 2.47 bits per heavy atom. The van der Waals surface area contributed by atoms with Gasteiger partial charge in [0.1, 0.15) is 6.10 Å². The average molecular weight is 596 g/mol. The summed E-state index contributed by atoms with van der Waals surface area (Å²) in [4.78, 5) is 40.9. The Kier molecular flexibility index (Phi) is 8.71. The van der Waals surface area contributed by atoms with Crippen molar-refractivity contribution in [2.75, 3.05) is 57.6 Å². The minimum atomic E-state index is -0.257. The zero-order valence-electron chi connectivity index (χ0n) is 25.7. The summed E-state index contributed by atoms with van der Waals surface area (Å²) in [6.45, 7) is 7.37. The molecule has 2 N–H and O–H groups in total. The van der Waals surface area contributed by atoms with Crippen LogP contribution in [-0.4, -0.2) is 123 Å². The lowest BCUT2D eigenvalue weighted by atomic mass is 9.98. The normalized spacial score (nSPS) is 24.7. The summed E-state index contributed by atoms with van der Waals surface area (Å²) in [5.41, 5.74) is 1.89. The summed E-state index contributed by atoms with van der Waals surface area (Å²) in [5, 5.41) is 11.8. The molecule has 4 fully saturated rings. The highest BCUT2D eigenvalue weighted by Crippen LogP contribution is 2.38. The highest BCUT2D eigenvalue weighted by atomic mass is 16.6. The number of amides is 2. The molecule has 2 bridgehead atoms. The molecule has 234 valence electrons. The smallest absolute Gasteiger partial charge is 0.410 e. The number of nitrogens with one attached hydrogen (secondary N) is 2. The van der Waals surface area contributed by atoms with Crippen LogP contribution in [0.1, 0.15) is 63.9 Å². The molecule has 6 rings (SSSR count). The van der Waals surface area contributed by atoms with Crippen LogP contribution in [0.5, 0.6) is 0 Å². The zero-order chi connectivity index (χ0) is 30.1. The molecule has 6 heterocycles. The molecule has 43 heavy (non-hydrogen) atoms. The first-order chi connectivity index (χ1) is 20.7. The Morgan fingerprint density at radius 2 is 1.79 bits per heavy atom. The van der Waals surface area contributed by atoms with E-state index in [1.54, 1.807) is 11.0 Å². The predicted molar refractivity (Wildman–Crippen MR) is 162 cm³/mol. The number of likely N-dealkylation sites (tertiary alicyclic amines) is 1. The summed E-state index contributed by atoms with van der Waals surface area (Å²) in [6.07, 6.45) is 10.2. The molecule has 4 aliphatic rings. The fourth-order valence-electron chi connectivity index (χ4n) is 6.63. The van der Waals surface area contributed by atoms with Gasteiger partial charge in [-0.2, -0.15) is 19.6 Å². The minimum absolute atomic E-state index is 0.0382. The van der Waals surface area contributed by atoms with E-state index in [0.29, 0.717) is 31.5 Å². The number of rotatable bonds is 9. The quantitative estimate of drug-likeness (QED) is 0.418. The van der Waals surface area contributed by atoms with Crippen molar-refractivity contribution in [1.82, 2.24) is 34.3 Å². The number of carbonyl (C=O) groups excluding carboxylic acids is 2. The number of fused-ring (bicyclic) bond motifs is 3. The highest BCUT2D eigenvalue weighted by Gasteiger charge is 2.46. The Morgan fingerprint density at radius 1 is 1.07 bits per heavy atom. The molecule has 0 saturated carbocycles. The Labute approximate surface area is 253 Å². The molecular formula is C30H45N9O4. The van der Waals surface area contributed by atoms with E-state index in [1.165, 1.54) is 0 Å². The maximum Gasteiger partial charge on any atom is 0.410 e. The van der Waals surface area contributed by atoms with Gasteiger partial charge in [-0.15, -0.1) is 0 Å². The molecule has 3 atom stereocenters. The number of piperidine rings is 1. The third-order valence-electron chi connectivity index (χ3n) is 9.01. The number of likely N-dealkylation sites (N-methyl/N-ethyl adjacent to an activating group) is 1. The number of anilines is 2. The number of aromatic nitrogens is 4. The van der Waals surface area contributed by atoms with Gasteiger partial charge in [0.05, 0.1) is 19.3 Å². The van der Waals surface area contributed by atoms with Crippen LogP contribution in [0, 0.1) is 0 Å². The number of ether oxygens (including phenoxy) is 2. The maximum absolute atomic E-state index is 13.2. The highest BCUT2D eigenvalue weighted by molar-refractivity contribution is 5.88. The van der Waals surface area contributed by atoms with Gasteiger partial charge < -0.3 is 34.8 Å². The standard InChI is InChI=1S/C30H45N9O4/c1-19(2)25-16-31-39-27(25)34-28(32-20-9-12-42-13-10-20)35-29(39)33-21-14-22-7-8-23(15-21)38(22)30(41)43-24-17-37(18-24)26(40)6-5-11-36(3)4/h5-6,16,19-24H,7-15,17-18H2,1-4H3,(H2,32,33,34,35)/b6-5+/t21?,22-,23+. The summed E-state index contributed by atoms with van der Waals surface area (Å²) in [6, 6.07) is 0.640. The summed E-state index contributed by atoms with van der Waals surface area (Å²) < 4.78 is 13.2. The van der Waals surface area contributed by atoms with Crippen LogP contribution in [0.15, 0.2) is 18.3 Å². The molecule has 1 unspecified atom stereocenters. The monoisotopic (exact) mass is 595 g/mol. The van der Waals surface area contributed by atoms with Crippen molar-refractivity contribution >= 4 is 29.5 Å². The van der Waals surface area contributed by atoms with Gasteiger partial charge in [0.2, 0.25) is 17.8 Å². The van der Waals surface area contributed by atoms with Crippen molar-refractivity contribution in [2.24, 2.45) is 0 Å². The van der Waals surface area contributed by atoms with Crippen LogP contribution in [0.2, 0.25) is 0 Å². The van der Waals surface area contributed by atoms with Crippen LogP contribution in [0.25, 0.3) is 5.65 Å². The van der Waals surface area contributed by atoms with Gasteiger partial charge in [-0.25, -0.2) is 4.79 Å². The van der Waals surface area contributed by atoms with E-state index in [-0.39, 0.29) is 48.2 Å². The first kappa shape index (κ1) is 29.6. The Hall–Kier alpha value is -3.45. The van der Waals surface area contributed by atoms with Crippen molar-refractivity contribution in [3.8, 4) is 0 Å². The second-order valence-corrected chi connectivity index (χ2v) is 12.9. The van der Waals surface area contributed by atoms with E-state index < -0.39 is 0 Å². The van der Waals surface area contributed by atoms with Crippen molar-refractivity contribution in [2.45, 2.75) is 88.6 Å². The van der Waals surface area contributed by atoms with Gasteiger partial charge in [0.15, 0.2) is 5.65 Å². The van der Waals surface area contributed by atoms with Crippen LogP contribution in [-0.2, 0) is 14.3 Å². The van der Waals surface area contributed by atoms with E-state index in [9.17, 15) is 9.59 Å². The molecule has 2 aromatic heterocycles. The number of nitrogens with zero attached hydrogens (tertiary/aromatic N) is 7. The van der Waals surface area contributed by atoms with E-state index in [1.807, 2.05) is 40.7 Å². The molecule has 0 aliphatic carbocycles. The first-order valence-electron chi connectivity index (χ1n) is 15.7. The van der Waals surface area contributed by atoms with E-state index in [2.05, 4.69) is 29.6 Å². The zero-order valence-corrected chi connectivity index (χ0v) is 25.7. The SMILES string of the molecule is CC(C)c1cnn2c(NC3C[C@H]4CC[C@@H](C3)N4C(=O)OC3CN(C(=O)/C=C/CN(C)C)C3)nc(NC3CCOCC3)nc12. The lowest BCUT2D eigenvalue weighted by Crippen LogP contribution is -2.57. The molecule has 0 aromatic carbocycles. The summed E-state index contributed by atoms with van der Waals surface area (Å²) >= 11 is 0. The van der Waals surface area contributed by atoms with Gasteiger partial charge >= 0.3 is 6.09 Å². The van der Waals surface area contributed by atoms with Crippen molar-refractivity contribution in [3.05, 3.63) is 23.9 Å². The van der Waals surface area contributed by atoms with Gasteiger partial charge in [-0.3, -0.25) is 4.79 Å². The number of hydrogen-bond acceptors (Lipinski definition) is 10. The third kappa shape index (κ3) is 6.57. The van der Waals surface area contributed by atoms with Crippen LogP contribution in [0.3, 0.4) is 0 Å². The van der Waals surface area contributed by atoms with Gasteiger partial charge in [0, 0.05) is 55.6 Å². The molecule has 0 spiro atoms. The molecular weight excluding hydrogens is 550 g/mol. The summed E-state index contributed by atoms with van der Waals surface area (Å²) in [5.74, 6) is 1.52. The molecule has 4 saturated heterocycles. The van der Waals surface area contributed by atoms with Crippen molar-refractivity contribution in [1.29, 1.82) is 0 Å². The fourth-order valence-corrected chi connectivity index (χ4v) is 6.63. The predicted octanol–water partition coefficient (Wildman–Crippen LogP) is 2.71. The Bertz CT molecular complexity index is 1320. The van der Waals surface area contributed by atoms with Gasteiger partial charge in [0.25, 0.3) is 0 Å². The van der Waals surface area contributed by atoms with Crippen molar-refractivity contribution < 1.29 is 19.1 Å². The number of hydrogen-bond donors (Lipinski definition) is 2.